The highest BCUT2D eigenvalue weighted by molar-refractivity contribution is 5.95. The van der Waals surface area contributed by atoms with Crippen molar-refractivity contribution in [3.8, 4) is 11.1 Å². The van der Waals surface area contributed by atoms with Crippen LogP contribution in [0.15, 0.2) is 48.7 Å². The quantitative estimate of drug-likeness (QED) is 0.409. The number of nitrogens with one attached hydrogen (secondary N) is 2. The average molecular weight is 516 g/mol. The summed E-state index contributed by atoms with van der Waals surface area (Å²) in [7, 11) is 0. The van der Waals surface area contributed by atoms with Crippen LogP contribution >= 0.6 is 0 Å². The van der Waals surface area contributed by atoms with Gasteiger partial charge in [-0.25, -0.2) is 9.78 Å². The van der Waals surface area contributed by atoms with E-state index in [1.807, 2.05) is 43.5 Å². The minimum absolute atomic E-state index is 0.00409. The Labute approximate surface area is 222 Å². The van der Waals surface area contributed by atoms with Gasteiger partial charge in [-0.1, -0.05) is 24.3 Å². The summed E-state index contributed by atoms with van der Waals surface area (Å²) in [6.07, 6.45) is 2.61. The zero-order valence-corrected chi connectivity index (χ0v) is 21.7. The van der Waals surface area contributed by atoms with Crippen LogP contribution in [0.3, 0.4) is 0 Å². The number of morpholine rings is 1. The first kappa shape index (κ1) is 25.5. The molecule has 2 fully saturated rings. The molecule has 10 nitrogen and oxygen atoms in total. The van der Waals surface area contributed by atoms with Gasteiger partial charge in [-0.2, -0.15) is 4.98 Å². The van der Waals surface area contributed by atoms with E-state index in [-0.39, 0.29) is 11.8 Å². The topological polar surface area (TPSA) is 126 Å². The fourth-order valence-corrected chi connectivity index (χ4v) is 4.99. The number of anilines is 4. The smallest absolute Gasteiger partial charge is 0.312 e. The molecular weight excluding hydrogens is 482 g/mol. The Balaban J connectivity index is 1.45. The second kappa shape index (κ2) is 11.1. The predicted octanol–water partition coefficient (Wildman–Crippen LogP) is 3.48. The largest absolute Gasteiger partial charge is 0.378 e. The Morgan fingerprint density at radius 1 is 1.05 bits per heavy atom. The second-order valence-corrected chi connectivity index (χ2v) is 9.73. The maximum atomic E-state index is 11.8. The number of Topliss-reactive ketones (excluding diaryl/α,β-unsaturated/α-hetero) is 1. The van der Waals surface area contributed by atoms with Gasteiger partial charge in [0.1, 0.15) is 5.82 Å². The van der Waals surface area contributed by atoms with Crippen molar-refractivity contribution in [2.45, 2.75) is 26.3 Å². The van der Waals surface area contributed by atoms with Crippen LogP contribution in [0.5, 0.6) is 0 Å². The fraction of sp³-hybridized carbons (Fsp3) is 0.357. The number of hydrogen-bond acceptors (Lipinski definition) is 8. The van der Waals surface area contributed by atoms with E-state index in [0.29, 0.717) is 31.3 Å². The van der Waals surface area contributed by atoms with Crippen LogP contribution in [0.2, 0.25) is 0 Å². The lowest BCUT2D eigenvalue weighted by Gasteiger charge is -2.29. The van der Waals surface area contributed by atoms with Gasteiger partial charge in [0.15, 0.2) is 5.78 Å². The minimum atomic E-state index is -0.511. The number of benzene rings is 2. The third kappa shape index (κ3) is 5.70. The lowest BCUT2D eigenvalue weighted by atomic mass is 10.00. The van der Waals surface area contributed by atoms with Gasteiger partial charge in [0, 0.05) is 66.5 Å². The van der Waals surface area contributed by atoms with Crippen LogP contribution in [0.25, 0.3) is 11.1 Å². The summed E-state index contributed by atoms with van der Waals surface area (Å²) >= 11 is 0. The molecule has 4 N–H and O–H groups in total. The Morgan fingerprint density at radius 2 is 1.82 bits per heavy atom. The van der Waals surface area contributed by atoms with Crippen molar-refractivity contribution in [3.63, 3.8) is 0 Å². The van der Waals surface area contributed by atoms with Crippen LogP contribution in [-0.4, -0.2) is 67.2 Å². The number of nitrogens with two attached hydrogens (primary N) is 1. The molecular formula is C28H33N7O3. The standard InChI is InChI=1S/C28H33N7O3/c1-18-16-30-28(33-26(18)35-10-9-22(17-35)31-27(29)37)32-25-8-7-23(34-11-13-38-14-12-34)15-24(25)21-5-3-20(4-6-21)19(2)36/h3-8,15-16,22H,9-14,17H2,1-2H3,(H3,29,31,37)(H,30,32,33). The molecule has 2 amide bonds. The predicted molar refractivity (Wildman–Crippen MR) is 148 cm³/mol. The molecule has 0 spiro atoms. The monoisotopic (exact) mass is 515 g/mol. The highest BCUT2D eigenvalue weighted by atomic mass is 16.5. The summed E-state index contributed by atoms with van der Waals surface area (Å²) in [5.74, 6) is 1.35. The Morgan fingerprint density at radius 3 is 2.53 bits per heavy atom. The van der Waals surface area contributed by atoms with E-state index in [2.05, 4.69) is 37.6 Å². The van der Waals surface area contributed by atoms with Crippen molar-refractivity contribution in [2.75, 3.05) is 54.5 Å². The number of urea groups is 1. The number of hydrogen-bond donors (Lipinski definition) is 3. The van der Waals surface area contributed by atoms with Crippen LogP contribution in [0.4, 0.5) is 27.9 Å². The molecule has 1 unspecified atom stereocenters. The number of rotatable bonds is 7. The first-order valence-corrected chi connectivity index (χ1v) is 12.9. The SMILES string of the molecule is CC(=O)c1ccc(-c2cc(N3CCOCC3)ccc2Nc2ncc(C)c(N3CCC(NC(N)=O)C3)n2)cc1. The van der Waals surface area contributed by atoms with E-state index in [1.54, 1.807) is 6.92 Å². The summed E-state index contributed by atoms with van der Waals surface area (Å²) in [6.45, 7) is 8.03. The zero-order valence-electron chi connectivity index (χ0n) is 21.7. The molecule has 10 heteroatoms. The van der Waals surface area contributed by atoms with Gasteiger partial charge < -0.3 is 30.9 Å². The third-order valence-electron chi connectivity index (χ3n) is 7.01. The number of primary amides is 1. The van der Waals surface area contributed by atoms with Gasteiger partial charge in [0.05, 0.1) is 13.2 Å². The Bertz CT molecular complexity index is 1320. The number of nitrogens with zero attached hydrogens (tertiary/aromatic N) is 4. The van der Waals surface area contributed by atoms with E-state index in [0.717, 1.165) is 59.9 Å². The summed E-state index contributed by atoms with van der Waals surface area (Å²) < 4.78 is 5.53. The molecule has 0 radical (unpaired) electrons. The normalized spacial score (nSPS) is 17.4. The Hall–Kier alpha value is -4.18. The maximum absolute atomic E-state index is 11.8. The summed E-state index contributed by atoms with van der Waals surface area (Å²) in [6, 6.07) is 13.4. The van der Waals surface area contributed by atoms with E-state index >= 15 is 0 Å². The molecule has 2 aliphatic rings. The summed E-state index contributed by atoms with van der Waals surface area (Å²) in [5, 5.41) is 6.21. The number of amides is 2. The van der Waals surface area contributed by atoms with Crippen LogP contribution in [0.1, 0.15) is 29.3 Å². The van der Waals surface area contributed by atoms with Crippen molar-refractivity contribution < 1.29 is 14.3 Å². The number of ketones is 1. The molecule has 1 aromatic heterocycles. The number of aromatic nitrogens is 2. The van der Waals surface area contributed by atoms with Crippen molar-refractivity contribution in [1.29, 1.82) is 0 Å². The van der Waals surface area contributed by atoms with Gasteiger partial charge >= 0.3 is 6.03 Å². The lowest BCUT2D eigenvalue weighted by Crippen LogP contribution is -2.40. The van der Waals surface area contributed by atoms with Gasteiger partial charge in [-0.3, -0.25) is 4.79 Å². The van der Waals surface area contributed by atoms with Crippen molar-refractivity contribution >= 4 is 35.0 Å². The van der Waals surface area contributed by atoms with E-state index in [9.17, 15) is 9.59 Å². The summed E-state index contributed by atoms with van der Waals surface area (Å²) in [4.78, 5) is 36.9. The molecule has 2 saturated heterocycles. The zero-order chi connectivity index (χ0) is 26.6. The van der Waals surface area contributed by atoms with Gasteiger partial charge in [0.2, 0.25) is 5.95 Å². The number of ether oxygens (including phenoxy) is 1. The van der Waals surface area contributed by atoms with E-state index in [1.165, 1.54) is 0 Å². The van der Waals surface area contributed by atoms with Crippen molar-refractivity contribution in [2.24, 2.45) is 5.73 Å². The number of carbonyl (C=O) groups is 2. The van der Waals surface area contributed by atoms with Crippen LogP contribution in [-0.2, 0) is 4.74 Å². The minimum Gasteiger partial charge on any atom is -0.378 e. The highest BCUT2D eigenvalue weighted by Crippen LogP contribution is 2.35. The van der Waals surface area contributed by atoms with Crippen LogP contribution in [0, 0.1) is 6.92 Å². The molecule has 0 saturated carbocycles. The molecule has 5 rings (SSSR count). The first-order valence-electron chi connectivity index (χ1n) is 12.9. The molecule has 38 heavy (non-hydrogen) atoms. The molecule has 198 valence electrons. The molecule has 2 aliphatic heterocycles. The molecule has 0 bridgehead atoms. The molecule has 3 aromatic rings. The van der Waals surface area contributed by atoms with Crippen molar-refractivity contribution in [3.05, 3.63) is 59.8 Å². The average Bonchev–Trinajstić information content (AvgIpc) is 3.38. The number of carbonyl (C=O) groups excluding carboxylic acids is 2. The number of aryl methyl sites for hydroxylation is 1. The molecule has 3 heterocycles. The molecule has 1 atom stereocenters. The highest BCUT2D eigenvalue weighted by Gasteiger charge is 2.26. The first-order chi connectivity index (χ1) is 18.4. The Kier molecular flexibility index (Phi) is 7.41. The lowest BCUT2D eigenvalue weighted by molar-refractivity contribution is 0.101. The van der Waals surface area contributed by atoms with Crippen LogP contribution < -0.4 is 26.2 Å². The van der Waals surface area contributed by atoms with Gasteiger partial charge in [-0.05, 0) is 44.0 Å². The second-order valence-electron chi connectivity index (χ2n) is 9.73. The molecule has 2 aromatic carbocycles. The maximum Gasteiger partial charge on any atom is 0.312 e. The van der Waals surface area contributed by atoms with E-state index in [4.69, 9.17) is 15.5 Å². The molecule has 0 aliphatic carbocycles. The third-order valence-corrected chi connectivity index (χ3v) is 7.01. The van der Waals surface area contributed by atoms with Crippen molar-refractivity contribution in [1.82, 2.24) is 15.3 Å². The van der Waals surface area contributed by atoms with E-state index < -0.39 is 6.03 Å². The fourth-order valence-electron chi connectivity index (χ4n) is 4.99. The van der Waals surface area contributed by atoms with Gasteiger partial charge in [-0.15, -0.1) is 0 Å². The summed E-state index contributed by atoms with van der Waals surface area (Å²) in [5.41, 5.74) is 10.9. The van der Waals surface area contributed by atoms with Gasteiger partial charge in [0.25, 0.3) is 0 Å².